The minimum absolute atomic E-state index is 0.0669. The van der Waals surface area contributed by atoms with Gasteiger partial charge >= 0.3 is 6.03 Å². The summed E-state index contributed by atoms with van der Waals surface area (Å²) in [6.07, 6.45) is 2.69. The Balaban J connectivity index is 1.56. The number of benzene rings is 1. The van der Waals surface area contributed by atoms with Crippen molar-refractivity contribution < 1.29 is 15.0 Å². The summed E-state index contributed by atoms with van der Waals surface area (Å²) in [5.74, 6) is 0.189. The lowest BCUT2D eigenvalue weighted by molar-refractivity contribution is -0.0116. The van der Waals surface area contributed by atoms with E-state index in [-0.39, 0.29) is 25.1 Å². The highest BCUT2D eigenvalue weighted by Gasteiger charge is 2.50. The van der Waals surface area contributed by atoms with Crippen LogP contribution < -0.4 is 5.32 Å². The number of carbonyl (C=O) groups excluding carboxylic acids is 1. The monoisotopic (exact) mass is 378 g/mol. The summed E-state index contributed by atoms with van der Waals surface area (Å²) in [6.45, 7) is 3.47. The zero-order valence-corrected chi connectivity index (χ0v) is 15.4. The number of carbonyl (C=O) groups is 1. The Labute approximate surface area is 156 Å². The van der Waals surface area contributed by atoms with Crippen molar-refractivity contribution in [1.82, 2.24) is 20.0 Å². The van der Waals surface area contributed by atoms with Gasteiger partial charge in [0, 0.05) is 35.6 Å². The third-order valence-corrected chi connectivity index (χ3v) is 6.18. The van der Waals surface area contributed by atoms with Gasteiger partial charge in [0.25, 0.3) is 0 Å². The van der Waals surface area contributed by atoms with Gasteiger partial charge in [0.15, 0.2) is 0 Å². The van der Waals surface area contributed by atoms with E-state index in [2.05, 4.69) is 10.4 Å². The molecule has 1 aromatic carbocycles. The topological polar surface area (TPSA) is 90.6 Å². The molecule has 8 heteroatoms. The molecular formula is C18H23ClN4O3. The van der Waals surface area contributed by atoms with Gasteiger partial charge in [0.05, 0.1) is 23.9 Å². The molecule has 140 valence electrons. The van der Waals surface area contributed by atoms with Crippen LogP contribution in [0.25, 0.3) is 10.9 Å². The summed E-state index contributed by atoms with van der Waals surface area (Å²) in [4.78, 5) is 13.8. The summed E-state index contributed by atoms with van der Waals surface area (Å²) >= 11 is 6.21. The Morgan fingerprint density at radius 2 is 2.15 bits per heavy atom. The highest BCUT2D eigenvalue weighted by molar-refractivity contribution is 6.31. The minimum Gasteiger partial charge on any atom is -0.395 e. The lowest BCUT2D eigenvalue weighted by atomic mass is 9.75. The molecule has 2 unspecified atom stereocenters. The van der Waals surface area contributed by atoms with Gasteiger partial charge in [0.2, 0.25) is 0 Å². The molecule has 2 aromatic rings. The van der Waals surface area contributed by atoms with Crippen LogP contribution in [0, 0.1) is 5.92 Å². The van der Waals surface area contributed by atoms with Crippen LogP contribution >= 0.6 is 11.6 Å². The van der Waals surface area contributed by atoms with Crippen LogP contribution in [0.15, 0.2) is 18.3 Å². The van der Waals surface area contributed by atoms with E-state index >= 15 is 0 Å². The van der Waals surface area contributed by atoms with Crippen molar-refractivity contribution >= 4 is 28.5 Å². The van der Waals surface area contributed by atoms with E-state index < -0.39 is 11.6 Å². The van der Waals surface area contributed by atoms with Crippen LogP contribution in [-0.2, 0) is 5.54 Å². The molecule has 0 bridgehead atoms. The van der Waals surface area contributed by atoms with Crippen LogP contribution in [0.5, 0.6) is 0 Å². The molecule has 2 atom stereocenters. The predicted molar refractivity (Wildman–Crippen MR) is 98.1 cm³/mol. The number of hydrogen-bond acceptors (Lipinski definition) is 4. The van der Waals surface area contributed by atoms with Gasteiger partial charge < -0.3 is 20.4 Å². The zero-order valence-electron chi connectivity index (χ0n) is 14.7. The van der Waals surface area contributed by atoms with Crippen molar-refractivity contribution in [3.05, 3.63) is 28.9 Å². The van der Waals surface area contributed by atoms with Gasteiger partial charge in [-0.1, -0.05) is 11.6 Å². The van der Waals surface area contributed by atoms with Gasteiger partial charge in [0.1, 0.15) is 6.10 Å². The van der Waals surface area contributed by atoms with E-state index in [9.17, 15) is 9.90 Å². The number of nitrogens with zero attached hydrogens (tertiary/aromatic N) is 3. The van der Waals surface area contributed by atoms with Crippen molar-refractivity contribution in [2.45, 2.75) is 31.4 Å². The second-order valence-corrected chi connectivity index (χ2v) is 7.77. The van der Waals surface area contributed by atoms with Gasteiger partial charge in [-0.3, -0.25) is 4.68 Å². The standard InChI is InChI=1S/C18H23ClN4O3/c1-18(12-2-5-22(6-3-12)17(26)20-4-7-24)16(25)14-9-13(19)8-11-10-21-23(18)15(11)14/h8-10,12,16,24-25H,2-7H2,1H3,(H,20,26). The molecule has 3 N–H and O–H groups in total. The summed E-state index contributed by atoms with van der Waals surface area (Å²) in [5.41, 5.74) is 1.23. The molecule has 1 aromatic heterocycles. The predicted octanol–water partition coefficient (Wildman–Crippen LogP) is 1.87. The molecule has 0 radical (unpaired) electrons. The molecule has 4 rings (SSSR count). The lowest BCUT2D eigenvalue weighted by Crippen LogP contribution is -2.50. The third-order valence-electron chi connectivity index (χ3n) is 5.96. The van der Waals surface area contributed by atoms with Crippen molar-refractivity contribution in [3.63, 3.8) is 0 Å². The molecule has 3 heterocycles. The largest absolute Gasteiger partial charge is 0.395 e. The lowest BCUT2D eigenvalue weighted by Gasteiger charge is -2.42. The van der Waals surface area contributed by atoms with E-state index in [1.807, 2.05) is 23.7 Å². The molecule has 0 aliphatic carbocycles. The highest BCUT2D eigenvalue weighted by atomic mass is 35.5. The number of halogens is 1. The smallest absolute Gasteiger partial charge is 0.317 e. The number of hydrogen-bond donors (Lipinski definition) is 3. The molecule has 0 spiro atoms. The van der Waals surface area contributed by atoms with Crippen molar-refractivity contribution in [1.29, 1.82) is 0 Å². The van der Waals surface area contributed by atoms with Crippen LogP contribution in [0.2, 0.25) is 5.02 Å². The molecule has 1 saturated heterocycles. The first-order chi connectivity index (χ1) is 12.5. The second-order valence-electron chi connectivity index (χ2n) is 7.33. The number of aliphatic hydroxyl groups is 2. The number of rotatable bonds is 3. The average Bonchev–Trinajstić information content (AvgIpc) is 3.16. The summed E-state index contributed by atoms with van der Waals surface area (Å²) < 4.78 is 1.95. The normalized spacial score (nSPS) is 25.8. The van der Waals surface area contributed by atoms with Crippen LogP contribution in [0.1, 0.15) is 31.4 Å². The molecule has 26 heavy (non-hydrogen) atoms. The van der Waals surface area contributed by atoms with Crippen molar-refractivity contribution in [2.24, 2.45) is 5.92 Å². The molecule has 0 saturated carbocycles. The zero-order chi connectivity index (χ0) is 18.5. The Morgan fingerprint density at radius 3 is 2.85 bits per heavy atom. The Hall–Kier alpha value is -1.83. The Kier molecular flexibility index (Phi) is 4.33. The summed E-state index contributed by atoms with van der Waals surface area (Å²) in [5, 5.41) is 28.7. The fourth-order valence-electron chi connectivity index (χ4n) is 4.51. The van der Waals surface area contributed by atoms with Gasteiger partial charge in [-0.25, -0.2) is 4.79 Å². The summed E-state index contributed by atoms with van der Waals surface area (Å²) in [6, 6.07) is 3.55. The first kappa shape index (κ1) is 17.6. The average molecular weight is 379 g/mol. The van der Waals surface area contributed by atoms with E-state index in [1.165, 1.54) is 0 Å². The first-order valence-electron chi connectivity index (χ1n) is 8.96. The number of aromatic nitrogens is 2. The van der Waals surface area contributed by atoms with E-state index in [0.29, 0.717) is 18.1 Å². The number of likely N-dealkylation sites (tertiary alicyclic amines) is 1. The van der Waals surface area contributed by atoms with Crippen molar-refractivity contribution in [2.75, 3.05) is 26.2 Å². The molecule has 7 nitrogen and oxygen atoms in total. The first-order valence-corrected chi connectivity index (χ1v) is 9.34. The summed E-state index contributed by atoms with van der Waals surface area (Å²) in [7, 11) is 0. The second kappa shape index (κ2) is 6.40. The maximum Gasteiger partial charge on any atom is 0.317 e. The van der Waals surface area contributed by atoms with Gasteiger partial charge in [-0.2, -0.15) is 5.10 Å². The molecule has 2 aliphatic heterocycles. The van der Waals surface area contributed by atoms with Gasteiger partial charge in [-0.15, -0.1) is 0 Å². The fraction of sp³-hybridized carbons (Fsp3) is 0.556. The van der Waals surface area contributed by atoms with Crippen molar-refractivity contribution in [3.8, 4) is 0 Å². The van der Waals surface area contributed by atoms with Gasteiger partial charge in [-0.05, 0) is 37.8 Å². The Morgan fingerprint density at radius 1 is 1.42 bits per heavy atom. The number of aliphatic hydroxyl groups excluding tert-OH is 2. The number of amides is 2. The molecule has 1 fully saturated rings. The SMILES string of the molecule is CC1(C2CCN(C(=O)NCCO)CC2)C(O)c2cc(Cl)cc3cnn1c23. The fourth-order valence-corrected chi connectivity index (χ4v) is 4.74. The van der Waals surface area contributed by atoms with Crippen LogP contribution in [0.3, 0.4) is 0 Å². The highest BCUT2D eigenvalue weighted by Crippen LogP contribution is 2.51. The van der Waals surface area contributed by atoms with E-state index in [4.69, 9.17) is 16.7 Å². The van der Waals surface area contributed by atoms with Crippen LogP contribution in [0.4, 0.5) is 4.79 Å². The molecule has 2 aliphatic rings. The number of piperidine rings is 1. The Bertz CT molecular complexity index is 846. The maximum absolute atomic E-state index is 12.1. The quantitative estimate of drug-likeness (QED) is 0.760. The third kappa shape index (κ3) is 2.49. The van der Waals surface area contributed by atoms with Crippen LogP contribution in [-0.4, -0.2) is 57.2 Å². The molecular weight excluding hydrogens is 356 g/mol. The van der Waals surface area contributed by atoms with E-state index in [1.54, 1.807) is 11.1 Å². The number of urea groups is 1. The molecule has 2 amide bonds. The minimum atomic E-state index is -0.674. The number of nitrogens with one attached hydrogen (secondary N) is 1. The van der Waals surface area contributed by atoms with E-state index in [0.717, 1.165) is 29.3 Å². The maximum atomic E-state index is 12.1.